The van der Waals surface area contributed by atoms with E-state index < -0.39 is 0 Å². The molecule has 0 aliphatic carbocycles. The van der Waals surface area contributed by atoms with E-state index in [0.29, 0.717) is 22.3 Å². The van der Waals surface area contributed by atoms with Gasteiger partial charge in [-0.2, -0.15) is 5.26 Å². The molecule has 3 atom stereocenters. The van der Waals surface area contributed by atoms with Gasteiger partial charge < -0.3 is 19.9 Å². The normalized spacial score (nSPS) is 26.4. The number of nitrogens with zero attached hydrogens (tertiary/aromatic N) is 3. The van der Waals surface area contributed by atoms with Crippen LogP contribution >= 0.6 is 11.6 Å². The van der Waals surface area contributed by atoms with E-state index in [-0.39, 0.29) is 24.1 Å². The number of likely N-dealkylation sites (tertiary alicyclic amines) is 1. The van der Waals surface area contributed by atoms with Crippen molar-refractivity contribution in [2.75, 3.05) is 32.7 Å². The summed E-state index contributed by atoms with van der Waals surface area (Å²) < 4.78 is 6.25. The summed E-state index contributed by atoms with van der Waals surface area (Å²) >= 11 is 6.19. The second kappa shape index (κ2) is 11.9. The molecule has 6 rings (SSSR count). The number of carbonyl (C=O) groups is 1. The van der Waals surface area contributed by atoms with Crippen molar-refractivity contribution in [2.45, 2.75) is 75.5 Å². The number of halogens is 1. The fourth-order valence-corrected chi connectivity index (χ4v) is 7.55. The molecule has 0 spiro atoms. The van der Waals surface area contributed by atoms with Crippen LogP contribution in [0.25, 0.3) is 0 Å². The Hall–Kier alpha value is -2.59. The first kappa shape index (κ1) is 26.6. The van der Waals surface area contributed by atoms with Crippen molar-refractivity contribution in [3.8, 4) is 11.8 Å². The predicted octanol–water partition coefficient (Wildman–Crippen LogP) is 5.61. The lowest BCUT2D eigenvalue weighted by molar-refractivity contribution is 0.0359. The van der Waals surface area contributed by atoms with E-state index in [2.05, 4.69) is 45.5 Å². The Labute approximate surface area is 237 Å². The Morgan fingerprint density at radius 1 is 0.974 bits per heavy atom. The van der Waals surface area contributed by atoms with E-state index in [1.54, 1.807) is 12.1 Å². The van der Waals surface area contributed by atoms with Crippen molar-refractivity contribution in [1.82, 2.24) is 15.1 Å². The van der Waals surface area contributed by atoms with Gasteiger partial charge in [0, 0.05) is 43.1 Å². The monoisotopic (exact) mass is 546 g/mol. The highest BCUT2D eigenvalue weighted by molar-refractivity contribution is 6.31. The zero-order valence-electron chi connectivity index (χ0n) is 22.7. The molecule has 1 amide bonds. The third-order valence-electron chi connectivity index (χ3n) is 9.48. The van der Waals surface area contributed by atoms with Crippen LogP contribution in [0.3, 0.4) is 0 Å². The second-order valence-electron chi connectivity index (χ2n) is 12.0. The van der Waals surface area contributed by atoms with Crippen molar-refractivity contribution in [2.24, 2.45) is 5.92 Å². The number of fused-ring (bicyclic) bond motifs is 2. The number of nitrogens with one attached hydrogen (secondary N) is 1. The van der Waals surface area contributed by atoms with Crippen molar-refractivity contribution in [3.63, 3.8) is 0 Å². The van der Waals surface area contributed by atoms with Gasteiger partial charge in [0.2, 0.25) is 0 Å². The first-order valence-electron chi connectivity index (χ1n) is 14.8. The summed E-state index contributed by atoms with van der Waals surface area (Å²) in [6, 6.07) is 16.2. The number of amides is 1. The van der Waals surface area contributed by atoms with Crippen LogP contribution in [0.15, 0.2) is 42.5 Å². The molecule has 0 saturated carbocycles. The number of nitriles is 1. The maximum atomic E-state index is 13.6. The summed E-state index contributed by atoms with van der Waals surface area (Å²) in [5, 5.41) is 13.0. The maximum Gasteiger partial charge on any atom is 0.254 e. The van der Waals surface area contributed by atoms with Gasteiger partial charge in [-0.3, -0.25) is 4.79 Å². The quantitative estimate of drug-likeness (QED) is 0.510. The Morgan fingerprint density at radius 3 is 2.31 bits per heavy atom. The number of ether oxygens (including phenoxy) is 1. The van der Waals surface area contributed by atoms with E-state index in [1.807, 2.05) is 6.07 Å². The molecule has 206 valence electrons. The summed E-state index contributed by atoms with van der Waals surface area (Å²) in [5.74, 6) is 2.30. The molecule has 4 saturated heterocycles. The fourth-order valence-electron chi connectivity index (χ4n) is 7.33. The molecule has 2 aromatic rings. The van der Waals surface area contributed by atoms with Crippen LogP contribution < -0.4 is 10.1 Å². The van der Waals surface area contributed by atoms with Gasteiger partial charge in [-0.15, -0.1) is 0 Å². The van der Waals surface area contributed by atoms with Gasteiger partial charge >= 0.3 is 0 Å². The molecule has 2 aromatic carbocycles. The summed E-state index contributed by atoms with van der Waals surface area (Å²) in [5.41, 5.74) is 2.63. The topological polar surface area (TPSA) is 68.6 Å². The zero-order chi connectivity index (χ0) is 26.8. The molecule has 0 radical (unpaired) electrons. The van der Waals surface area contributed by atoms with Gasteiger partial charge in [-0.1, -0.05) is 23.7 Å². The highest BCUT2D eigenvalue weighted by Crippen LogP contribution is 2.39. The Kier molecular flexibility index (Phi) is 8.11. The van der Waals surface area contributed by atoms with Crippen LogP contribution in [0.1, 0.15) is 78.8 Å². The Bertz CT molecular complexity index is 1180. The number of benzene rings is 2. The van der Waals surface area contributed by atoms with Gasteiger partial charge in [-0.25, -0.2) is 0 Å². The van der Waals surface area contributed by atoms with Crippen LogP contribution in [-0.2, 0) is 0 Å². The molecule has 39 heavy (non-hydrogen) atoms. The van der Waals surface area contributed by atoms with Gasteiger partial charge in [0.05, 0.1) is 10.6 Å². The molecule has 6 nitrogen and oxygen atoms in total. The maximum absolute atomic E-state index is 13.6. The van der Waals surface area contributed by atoms with Crippen LogP contribution in [0, 0.1) is 17.2 Å². The largest absolute Gasteiger partial charge is 0.490 e. The molecule has 0 aromatic heterocycles. The second-order valence-corrected chi connectivity index (χ2v) is 12.4. The lowest BCUT2D eigenvalue weighted by Gasteiger charge is -2.39. The van der Waals surface area contributed by atoms with Gasteiger partial charge in [0.25, 0.3) is 5.91 Å². The van der Waals surface area contributed by atoms with Crippen molar-refractivity contribution >= 4 is 17.5 Å². The molecule has 1 N–H and O–H groups in total. The van der Waals surface area contributed by atoms with Crippen LogP contribution in [0.4, 0.5) is 0 Å². The molecule has 4 aliphatic heterocycles. The molecule has 4 fully saturated rings. The van der Waals surface area contributed by atoms with Crippen LogP contribution in [0.2, 0.25) is 5.02 Å². The van der Waals surface area contributed by atoms with Crippen LogP contribution in [0.5, 0.6) is 5.75 Å². The van der Waals surface area contributed by atoms with E-state index >= 15 is 0 Å². The molecule has 7 heteroatoms. The Morgan fingerprint density at radius 2 is 1.67 bits per heavy atom. The van der Waals surface area contributed by atoms with Gasteiger partial charge in [0.1, 0.15) is 17.9 Å². The minimum atomic E-state index is 0.0542. The number of piperidine rings is 3. The first-order chi connectivity index (χ1) is 19.1. The van der Waals surface area contributed by atoms with Crippen LogP contribution in [-0.4, -0.2) is 66.6 Å². The lowest BCUT2D eigenvalue weighted by atomic mass is 9.88. The summed E-state index contributed by atoms with van der Waals surface area (Å²) in [4.78, 5) is 18.4. The third-order valence-corrected chi connectivity index (χ3v) is 9.79. The number of hydrogen-bond donors (Lipinski definition) is 1. The smallest absolute Gasteiger partial charge is 0.254 e. The van der Waals surface area contributed by atoms with Gasteiger partial charge in [0.15, 0.2) is 0 Å². The number of hydrogen-bond acceptors (Lipinski definition) is 5. The average Bonchev–Trinajstić information content (AvgIpc) is 3.23. The highest BCUT2D eigenvalue weighted by atomic mass is 35.5. The third kappa shape index (κ3) is 5.96. The zero-order valence-corrected chi connectivity index (χ0v) is 23.4. The SMILES string of the molecule is N#Cc1ccc(O[C@H]2C[C@H]3CC[C@@H](C2)N3C(=O)c2ccc(C3CCN(CC4CCNCC4)CC3)cc2)cc1Cl. The number of carbonyl (C=O) groups excluding carboxylic acids is 1. The fraction of sp³-hybridized carbons (Fsp3) is 0.562. The molecular weight excluding hydrogens is 508 g/mol. The highest BCUT2D eigenvalue weighted by Gasteiger charge is 2.44. The summed E-state index contributed by atoms with van der Waals surface area (Å²) in [6.07, 6.45) is 8.81. The van der Waals surface area contributed by atoms with Gasteiger partial charge in [-0.05, 0) is 106 Å². The van der Waals surface area contributed by atoms with Crippen molar-refractivity contribution < 1.29 is 9.53 Å². The summed E-state index contributed by atoms with van der Waals surface area (Å²) in [6.45, 7) is 5.97. The minimum absolute atomic E-state index is 0.0542. The van der Waals surface area contributed by atoms with E-state index in [0.717, 1.165) is 37.2 Å². The van der Waals surface area contributed by atoms with Crippen molar-refractivity contribution in [3.05, 3.63) is 64.2 Å². The summed E-state index contributed by atoms with van der Waals surface area (Å²) in [7, 11) is 0. The van der Waals surface area contributed by atoms with Crippen molar-refractivity contribution in [1.29, 1.82) is 5.26 Å². The minimum Gasteiger partial charge on any atom is -0.490 e. The van der Waals surface area contributed by atoms with E-state index in [9.17, 15) is 4.79 Å². The molecule has 0 unspecified atom stereocenters. The van der Waals surface area contributed by atoms with E-state index in [1.165, 1.54) is 64.0 Å². The molecule has 4 heterocycles. The average molecular weight is 547 g/mol. The van der Waals surface area contributed by atoms with E-state index in [4.69, 9.17) is 21.6 Å². The number of rotatable bonds is 6. The molecule has 4 aliphatic rings. The standard InChI is InChI=1S/C32H39ClN4O2/c33-31-19-29(8-5-26(31)20-34)39-30-17-27-6-7-28(18-30)37(27)32(38)25-3-1-23(2-4-25)24-11-15-36(16-12-24)21-22-9-13-35-14-10-22/h1-5,8,19,22,24,27-28,30,35H,6-7,9-18,21H2/t27-,28+,30+. The Balaban J connectivity index is 1.02. The first-order valence-corrected chi connectivity index (χ1v) is 15.2. The predicted molar refractivity (Wildman–Crippen MR) is 153 cm³/mol. The lowest BCUT2D eigenvalue weighted by Crippen LogP contribution is -2.49. The molecule has 2 bridgehead atoms. The molecular formula is C32H39ClN4O2.